The number of aliphatic imine (C=N–C) groups is 1. The van der Waals surface area contributed by atoms with E-state index < -0.39 is 11.4 Å². The number of likely N-dealkylation sites (tertiary alicyclic amines) is 1. The number of amides is 2. The van der Waals surface area contributed by atoms with Crippen LogP contribution in [0.1, 0.15) is 32.3 Å². The van der Waals surface area contributed by atoms with Crippen LogP contribution < -0.4 is 0 Å². The van der Waals surface area contributed by atoms with Crippen molar-refractivity contribution in [2.75, 3.05) is 19.6 Å². The molecule has 0 radical (unpaired) electrons. The number of benzene rings is 3. The lowest BCUT2D eigenvalue weighted by atomic mass is 9.97. The molecule has 184 valence electrons. The van der Waals surface area contributed by atoms with Crippen molar-refractivity contribution in [1.29, 1.82) is 0 Å². The lowest BCUT2D eigenvalue weighted by Gasteiger charge is -2.41. The predicted octanol–water partition coefficient (Wildman–Crippen LogP) is 5.02. The summed E-state index contributed by atoms with van der Waals surface area (Å²) >= 11 is 0. The molecule has 1 aliphatic carbocycles. The first-order valence-corrected chi connectivity index (χ1v) is 12.4. The van der Waals surface area contributed by atoms with Gasteiger partial charge in [-0.3, -0.25) is 19.5 Å². The second-order valence-corrected chi connectivity index (χ2v) is 10.7. The summed E-state index contributed by atoms with van der Waals surface area (Å²) in [6.07, 6.45) is 1.95. The molecule has 3 aromatic carbocycles. The Kier molecular flexibility index (Phi) is 5.21. The molecule has 36 heavy (non-hydrogen) atoms. The van der Waals surface area contributed by atoms with Gasteiger partial charge in [-0.05, 0) is 78.9 Å². The number of halogens is 2. The average Bonchev–Trinajstić information content (AvgIpc) is 3.64. The van der Waals surface area contributed by atoms with Crippen molar-refractivity contribution in [1.82, 2.24) is 9.80 Å². The van der Waals surface area contributed by atoms with Crippen LogP contribution in [-0.4, -0.2) is 52.6 Å². The Balaban J connectivity index is 1.25. The van der Waals surface area contributed by atoms with Crippen molar-refractivity contribution >= 4 is 28.4 Å². The van der Waals surface area contributed by atoms with Gasteiger partial charge in [-0.1, -0.05) is 24.3 Å². The maximum Gasteiger partial charge on any atom is 0.255 e. The summed E-state index contributed by atoms with van der Waals surface area (Å²) in [7, 11) is 0. The molecular formula is C29H27F2N3O2. The molecule has 5 nitrogen and oxygen atoms in total. The molecule has 0 aromatic heterocycles. The van der Waals surface area contributed by atoms with E-state index in [1.807, 2.05) is 29.2 Å². The molecule has 6 rings (SSSR count). The monoisotopic (exact) mass is 487 g/mol. The molecule has 3 aromatic rings. The van der Waals surface area contributed by atoms with Crippen molar-refractivity contribution in [3.05, 3.63) is 71.8 Å². The van der Waals surface area contributed by atoms with Gasteiger partial charge in [0, 0.05) is 31.5 Å². The molecular weight excluding hydrogens is 460 g/mol. The fraction of sp³-hybridized carbons (Fsp3) is 0.345. The van der Waals surface area contributed by atoms with Crippen LogP contribution in [0.4, 0.5) is 8.78 Å². The zero-order valence-corrected chi connectivity index (χ0v) is 20.3. The van der Waals surface area contributed by atoms with E-state index >= 15 is 4.39 Å². The largest absolute Gasteiger partial charge is 0.342 e. The average molecular weight is 488 g/mol. The fourth-order valence-electron chi connectivity index (χ4n) is 5.16. The topological polar surface area (TPSA) is 53.0 Å². The van der Waals surface area contributed by atoms with Crippen LogP contribution in [0.2, 0.25) is 0 Å². The molecule has 2 amide bonds. The van der Waals surface area contributed by atoms with Crippen LogP contribution in [0, 0.1) is 23.5 Å². The van der Waals surface area contributed by atoms with Gasteiger partial charge in [0.05, 0.1) is 5.56 Å². The minimum absolute atomic E-state index is 0.153. The highest BCUT2D eigenvalue weighted by Crippen LogP contribution is 2.35. The number of nitrogens with zero attached hydrogens (tertiary/aromatic N) is 3. The van der Waals surface area contributed by atoms with Crippen molar-refractivity contribution in [2.45, 2.75) is 32.2 Å². The number of rotatable bonds is 5. The molecule has 0 unspecified atom stereocenters. The maximum absolute atomic E-state index is 15.5. The van der Waals surface area contributed by atoms with Crippen LogP contribution in [0.3, 0.4) is 0 Å². The summed E-state index contributed by atoms with van der Waals surface area (Å²) < 4.78 is 29.0. The minimum Gasteiger partial charge on any atom is -0.342 e. The highest BCUT2D eigenvalue weighted by atomic mass is 19.1. The molecule has 2 aliphatic heterocycles. The molecule has 0 N–H and O–H groups in total. The van der Waals surface area contributed by atoms with E-state index in [9.17, 15) is 14.0 Å². The third kappa shape index (κ3) is 3.96. The van der Waals surface area contributed by atoms with E-state index in [0.717, 1.165) is 29.2 Å². The Bertz CT molecular complexity index is 1440. The van der Waals surface area contributed by atoms with Crippen LogP contribution in [0.15, 0.2) is 59.6 Å². The summed E-state index contributed by atoms with van der Waals surface area (Å²) in [6.45, 7) is 5.14. The third-order valence-corrected chi connectivity index (χ3v) is 7.39. The van der Waals surface area contributed by atoms with E-state index in [1.54, 1.807) is 30.9 Å². The standard InChI is InChI=1S/C29H27F2N3O2/c1-29(2)28(36)34(16-17-14-33(15-17)27(35)18-3-4-18)26(32-29)24-10-8-22(13-25(24)31)19-5-6-21-12-23(30)9-7-20(21)11-19/h5-13,17-18H,3-4,14-16H2,1-2H3. The molecule has 1 saturated carbocycles. The van der Waals surface area contributed by atoms with Gasteiger partial charge < -0.3 is 4.90 Å². The molecule has 0 atom stereocenters. The van der Waals surface area contributed by atoms with Gasteiger partial charge in [0.25, 0.3) is 5.91 Å². The van der Waals surface area contributed by atoms with Crippen LogP contribution in [0.25, 0.3) is 21.9 Å². The Morgan fingerprint density at radius 1 is 0.972 bits per heavy atom. The van der Waals surface area contributed by atoms with Gasteiger partial charge in [-0.25, -0.2) is 8.78 Å². The molecule has 7 heteroatoms. The Hall–Kier alpha value is -3.61. The molecule has 2 heterocycles. The number of hydrogen-bond donors (Lipinski definition) is 0. The highest BCUT2D eigenvalue weighted by Gasteiger charge is 2.45. The first-order chi connectivity index (χ1) is 17.2. The lowest BCUT2D eigenvalue weighted by molar-refractivity contribution is -0.140. The quantitative estimate of drug-likeness (QED) is 0.508. The summed E-state index contributed by atoms with van der Waals surface area (Å²) in [6, 6.07) is 15.1. The Labute approximate surface area is 208 Å². The molecule has 0 spiro atoms. The molecule has 1 saturated heterocycles. The number of amidine groups is 1. The second-order valence-electron chi connectivity index (χ2n) is 10.7. The summed E-state index contributed by atoms with van der Waals surface area (Å²) in [4.78, 5) is 33.5. The predicted molar refractivity (Wildman–Crippen MR) is 134 cm³/mol. The Morgan fingerprint density at radius 3 is 2.36 bits per heavy atom. The van der Waals surface area contributed by atoms with Gasteiger partial charge in [-0.15, -0.1) is 0 Å². The van der Waals surface area contributed by atoms with E-state index in [-0.39, 0.29) is 35.0 Å². The van der Waals surface area contributed by atoms with Crippen LogP contribution in [-0.2, 0) is 9.59 Å². The first kappa shape index (κ1) is 22.8. The van der Waals surface area contributed by atoms with E-state index in [1.165, 1.54) is 18.2 Å². The normalized spacial score (nSPS) is 19.6. The number of hydrogen-bond acceptors (Lipinski definition) is 3. The lowest BCUT2D eigenvalue weighted by Crippen LogP contribution is -2.55. The van der Waals surface area contributed by atoms with E-state index in [0.29, 0.717) is 31.0 Å². The van der Waals surface area contributed by atoms with Crippen LogP contribution in [0.5, 0.6) is 0 Å². The van der Waals surface area contributed by atoms with Crippen LogP contribution >= 0.6 is 0 Å². The van der Waals surface area contributed by atoms with Gasteiger partial charge in [0.1, 0.15) is 23.0 Å². The third-order valence-electron chi connectivity index (χ3n) is 7.39. The van der Waals surface area contributed by atoms with E-state index in [2.05, 4.69) is 4.99 Å². The SMILES string of the molecule is CC1(C)N=C(c2ccc(-c3ccc4cc(F)ccc4c3)cc2F)N(CC2CN(C(=O)C3CC3)C2)C1=O. The number of carbonyl (C=O) groups is 2. The fourth-order valence-corrected chi connectivity index (χ4v) is 5.16. The van der Waals surface area contributed by atoms with Crippen molar-refractivity contribution in [3.63, 3.8) is 0 Å². The van der Waals surface area contributed by atoms with Gasteiger partial charge in [0.15, 0.2) is 0 Å². The zero-order chi connectivity index (χ0) is 25.2. The van der Waals surface area contributed by atoms with Crippen molar-refractivity contribution in [2.24, 2.45) is 16.8 Å². The van der Waals surface area contributed by atoms with E-state index in [4.69, 9.17) is 0 Å². The molecule has 2 fully saturated rings. The highest BCUT2D eigenvalue weighted by molar-refractivity contribution is 6.15. The molecule has 0 bridgehead atoms. The Morgan fingerprint density at radius 2 is 1.64 bits per heavy atom. The van der Waals surface area contributed by atoms with Crippen molar-refractivity contribution in [3.8, 4) is 11.1 Å². The summed E-state index contributed by atoms with van der Waals surface area (Å²) in [5.74, 6) is -0.0139. The smallest absolute Gasteiger partial charge is 0.255 e. The number of carbonyl (C=O) groups excluding carboxylic acids is 2. The summed E-state index contributed by atoms with van der Waals surface area (Å²) in [5, 5.41) is 1.65. The number of fused-ring (bicyclic) bond motifs is 1. The maximum atomic E-state index is 15.5. The second kappa shape index (κ2) is 8.22. The zero-order valence-electron chi connectivity index (χ0n) is 20.3. The van der Waals surface area contributed by atoms with Gasteiger partial charge in [-0.2, -0.15) is 0 Å². The minimum atomic E-state index is -0.971. The van der Waals surface area contributed by atoms with Gasteiger partial charge >= 0.3 is 0 Å². The van der Waals surface area contributed by atoms with Gasteiger partial charge in [0.2, 0.25) is 5.91 Å². The summed E-state index contributed by atoms with van der Waals surface area (Å²) in [5.41, 5.74) is 0.815. The molecule has 3 aliphatic rings. The first-order valence-electron chi connectivity index (χ1n) is 12.4. The van der Waals surface area contributed by atoms with Crippen molar-refractivity contribution < 1.29 is 18.4 Å².